The number of amides is 1. The van der Waals surface area contributed by atoms with Gasteiger partial charge in [0.1, 0.15) is 4.70 Å². The predicted molar refractivity (Wildman–Crippen MR) is 120 cm³/mol. The number of nitrogens with zero attached hydrogens (tertiary/aromatic N) is 3. The summed E-state index contributed by atoms with van der Waals surface area (Å²) in [6.45, 7) is 6.94. The molecule has 1 amide bonds. The molecule has 152 valence electrons. The number of likely N-dealkylation sites (tertiary alicyclic amines) is 1. The summed E-state index contributed by atoms with van der Waals surface area (Å²) in [4.78, 5) is 32.9. The molecule has 1 fully saturated rings. The molecule has 29 heavy (non-hydrogen) atoms. The Morgan fingerprint density at radius 3 is 2.90 bits per heavy atom. The number of thioether (sulfide) groups is 1. The molecule has 0 aliphatic carbocycles. The number of hydrogen-bond donors (Lipinski definition) is 0. The fourth-order valence-corrected chi connectivity index (χ4v) is 5.49. The number of hydrogen-bond acceptors (Lipinski definition) is 5. The fraction of sp³-hybridized carbons (Fsp3) is 0.409. The number of piperidine rings is 1. The van der Waals surface area contributed by atoms with Crippen LogP contribution in [-0.4, -0.2) is 38.7 Å². The second-order valence-corrected chi connectivity index (χ2v) is 9.54. The summed E-state index contributed by atoms with van der Waals surface area (Å²) in [5.74, 6) is 0.409. The Balaban J connectivity index is 1.72. The lowest BCUT2D eigenvalue weighted by molar-refractivity contribution is -0.131. The number of aromatic nitrogens is 2. The summed E-state index contributed by atoms with van der Waals surface area (Å²) >= 11 is 2.77. The van der Waals surface area contributed by atoms with Gasteiger partial charge in [0.2, 0.25) is 5.91 Å². The second-order valence-electron chi connectivity index (χ2n) is 7.68. The molecule has 1 atom stereocenters. The Morgan fingerprint density at radius 2 is 2.10 bits per heavy atom. The standard InChI is InChI=1S/C22H25N3O2S2/c1-14-7-8-15(2)18(12-14)25-21(27)20-17(9-11-28-20)23-22(25)29-13-19(26)24-10-5-4-6-16(24)3/h7-9,11-12,16H,4-6,10,13H2,1-3H3/t16-/m0/s1. The fourth-order valence-electron chi connectivity index (χ4n) is 3.84. The number of aryl methyl sites for hydroxylation is 2. The summed E-state index contributed by atoms with van der Waals surface area (Å²) in [7, 11) is 0. The van der Waals surface area contributed by atoms with E-state index in [1.165, 1.54) is 29.5 Å². The minimum atomic E-state index is -0.0695. The van der Waals surface area contributed by atoms with Crippen LogP contribution in [-0.2, 0) is 4.79 Å². The van der Waals surface area contributed by atoms with Gasteiger partial charge in [0.15, 0.2) is 5.16 Å². The maximum absolute atomic E-state index is 13.3. The highest BCUT2D eigenvalue weighted by molar-refractivity contribution is 7.99. The van der Waals surface area contributed by atoms with E-state index < -0.39 is 0 Å². The highest BCUT2D eigenvalue weighted by Crippen LogP contribution is 2.26. The van der Waals surface area contributed by atoms with E-state index in [0.29, 0.717) is 15.4 Å². The van der Waals surface area contributed by atoms with Gasteiger partial charge in [-0.2, -0.15) is 0 Å². The van der Waals surface area contributed by atoms with Gasteiger partial charge in [0.25, 0.3) is 5.56 Å². The molecule has 0 saturated carbocycles. The Bertz CT molecular complexity index is 1120. The van der Waals surface area contributed by atoms with Crippen LogP contribution >= 0.6 is 23.1 Å². The van der Waals surface area contributed by atoms with Crippen LogP contribution in [0.1, 0.15) is 37.3 Å². The van der Waals surface area contributed by atoms with Crippen molar-refractivity contribution in [2.24, 2.45) is 0 Å². The SMILES string of the molecule is Cc1ccc(C)c(-n2c(SCC(=O)N3CCCC[C@@H]3C)nc3ccsc3c2=O)c1. The molecule has 0 unspecified atom stereocenters. The zero-order valence-corrected chi connectivity index (χ0v) is 18.6. The van der Waals surface area contributed by atoms with Crippen molar-refractivity contribution in [3.63, 3.8) is 0 Å². The van der Waals surface area contributed by atoms with Gasteiger partial charge in [-0.15, -0.1) is 11.3 Å². The normalized spacial score (nSPS) is 17.1. The summed E-state index contributed by atoms with van der Waals surface area (Å²) in [6.07, 6.45) is 3.30. The predicted octanol–water partition coefficient (Wildman–Crippen LogP) is 4.56. The first-order chi connectivity index (χ1) is 14.0. The number of benzene rings is 1. The molecule has 3 aromatic rings. The Labute approximate surface area is 178 Å². The third-order valence-corrected chi connectivity index (χ3v) is 7.32. The Morgan fingerprint density at radius 1 is 1.28 bits per heavy atom. The van der Waals surface area contributed by atoms with E-state index in [1.807, 2.05) is 48.4 Å². The van der Waals surface area contributed by atoms with E-state index in [2.05, 4.69) is 6.92 Å². The van der Waals surface area contributed by atoms with Crippen LogP contribution in [0, 0.1) is 13.8 Å². The van der Waals surface area contributed by atoms with Crippen molar-refractivity contribution in [1.82, 2.24) is 14.5 Å². The highest BCUT2D eigenvalue weighted by atomic mass is 32.2. The van der Waals surface area contributed by atoms with Crippen molar-refractivity contribution in [3.05, 3.63) is 51.1 Å². The number of carbonyl (C=O) groups excluding carboxylic acids is 1. The molecule has 2 aromatic heterocycles. The number of thiophene rings is 1. The quantitative estimate of drug-likeness (QED) is 0.453. The van der Waals surface area contributed by atoms with Crippen LogP contribution in [0.2, 0.25) is 0 Å². The average Bonchev–Trinajstić information content (AvgIpc) is 3.18. The molecule has 5 nitrogen and oxygen atoms in total. The van der Waals surface area contributed by atoms with Crippen LogP contribution < -0.4 is 5.56 Å². The lowest BCUT2D eigenvalue weighted by atomic mass is 10.0. The van der Waals surface area contributed by atoms with Crippen LogP contribution in [0.15, 0.2) is 39.6 Å². The van der Waals surface area contributed by atoms with E-state index in [-0.39, 0.29) is 23.3 Å². The number of rotatable bonds is 4. The van der Waals surface area contributed by atoms with Gasteiger partial charge in [-0.25, -0.2) is 4.98 Å². The Hall–Kier alpha value is -2.12. The molecule has 1 aliphatic rings. The zero-order chi connectivity index (χ0) is 20.5. The van der Waals surface area contributed by atoms with Gasteiger partial charge < -0.3 is 4.90 Å². The minimum Gasteiger partial charge on any atom is -0.339 e. The minimum absolute atomic E-state index is 0.0695. The van der Waals surface area contributed by atoms with Crippen LogP contribution in [0.25, 0.3) is 15.9 Å². The van der Waals surface area contributed by atoms with Crippen molar-refractivity contribution in [2.75, 3.05) is 12.3 Å². The topological polar surface area (TPSA) is 55.2 Å². The molecule has 0 radical (unpaired) electrons. The van der Waals surface area contributed by atoms with E-state index in [0.717, 1.165) is 36.2 Å². The van der Waals surface area contributed by atoms with Gasteiger partial charge >= 0.3 is 0 Å². The summed E-state index contributed by atoms with van der Waals surface area (Å²) in [6, 6.07) is 8.22. The van der Waals surface area contributed by atoms with Gasteiger partial charge in [0.05, 0.1) is 17.0 Å². The van der Waals surface area contributed by atoms with Gasteiger partial charge in [-0.1, -0.05) is 23.9 Å². The molecule has 1 saturated heterocycles. The molecule has 0 bridgehead atoms. The summed E-state index contributed by atoms with van der Waals surface area (Å²) < 4.78 is 2.32. The molecule has 4 rings (SSSR count). The monoisotopic (exact) mass is 427 g/mol. The molecule has 0 N–H and O–H groups in total. The van der Waals surface area contributed by atoms with Crippen molar-refractivity contribution in [3.8, 4) is 5.69 Å². The molecule has 0 spiro atoms. The van der Waals surface area contributed by atoms with Gasteiger partial charge in [-0.3, -0.25) is 14.2 Å². The zero-order valence-electron chi connectivity index (χ0n) is 17.0. The Kier molecular flexibility index (Phi) is 5.79. The lowest BCUT2D eigenvalue weighted by Gasteiger charge is -2.33. The number of carbonyl (C=O) groups is 1. The molecular formula is C22H25N3O2S2. The third kappa shape index (κ3) is 3.98. The van der Waals surface area contributed by atoms with Crippen LogP contribution in [0.5, 0.6) is 0 Å². The van der Waals surface area contributed by atoms with E-state index in [9.17, 15) is 9.59 Å². The third-order valence-electron chi connectivity index (χ3n) is 5.50. The largest absolute Gasteiger partial charge is 0.339 e. The van der Waals surface area contributed by atoms with Crippen molar-refractivity contribution >= 4 is 39.2 Å². The average molecular weight is 428 g/mol. The first kappa shape index (κ1) is 20.2. The second kappa shape index (κ2) is 8.32. The van der Waals surface area contributed by atoms with Crippen molar-refractivity contribution < 1.29 is 4.79 Å². The summed E-state index contributed by atoms with van der Waals surface area (Å²) in [5.41, 5.74) is 3.55. The summed E-state index contributed by atoms with van der Waals surface area (Å²) in [5, 5.41) is 2.47. The van der Waals surface area contributed by atoms with Crippen LogP contribution in [0.4, 0.5) is 0 Å². The smallest absolute Gasteiger partial charge is 0.276 e. The molecule has 1 aliphatic heterocycles. The lowest BCUT2D eigenvalue weighted by Crippen LogP contribution is -2.43. The van der Waals surface area contributed by atoms with E-state index in [1.54, 1.807) is 4.57 Å². The van der Waals surface area contributed by atoms with E-state index in [4.69, 9.17) is 4.98 Å². The first-order valence-corrected chi connectivity index (χ1v) is 11.8. The molecule has 3 heterocycles. The number of fused-ring (bicyclic) bond motifs is 1. The van der Waals surface area contributed by atoms with Gasteiger partial charge in [-0.05, 0) is 68.7 Å². The highest BCUT2D eigenvalue weighted by Gasteiger charge is 2.24. The van der Waals surface area contributed by atoms with Crippen LogP contribution in [0.3, 0.4) is 0 Å². The maximum Gasteiger partial charge on any atom is 0.276 e. The molecule has 1 aromatic carbocycles. The maximum atomic E-state index is 13.3. The van der Waals surface area contributed by atoms with Gasteiger partial charge in [0, 0.05) is 12.6 Å². The van der Waals surface area contributed by atoms with Crippen molar-refractivity contribution in [2.45, 2.75) is 51.2 Å². The molecule has 7 heteroatoms. The van der Waals surface area contributed by atoms with Crippen molar-refractivity contribution in [1.29, 1.82) is 0 Å². The first-order valence-electron chi connectivity index (χ1n) is 9.96. The molecular weight excluding hydrogens is 402 g/mol. The van der Waals surface area contributed by atoms with E-state index >= 15 is 0 Å².